The van der Waals surface area contributed by atoms with Gasteiger partial charge in [-0.3, -0.25) is 9.59 Å². The van der Waals surface area contributed by atoms with Gasteiger partial charge in [0.1, 0.15) is 5.56 Å². The van der Waals surface area contributed by atoms with E-state index in [0.717, 1.165) is 4.68 Å². The van der Waals surface area contributed by atoms with Crippen LogP contribution < -0.4 is 10.9 Å². The molecule has 0 atom stereocenters. The molecule has 0 aliphatic heterocycles. The number of aliphatic hydroxyl groups is 1. The highest BCUT2D eigenvalue weighted by atomic mass is 35.5. The summed E-state index contributed by atoms with van der Waals surface area (Å²) >= 11 is 5.94. The number of hydrogen-bond acceptors (Lipinski definition) is 6. The molecular weight excluding hydrogens is 382 g/mol. The molecule has 9 heteroatoms. The van der Waals surface area contributed by atoms with E-state index in [4.69, 9.17) is 11.6 Å². The predicted octanol–water partition coefficient (Wildman–Crippen LogP) is 1.84. The molecule has 2 N–H and O–H groups in total. The normalized spacial score (nSPS) is 11.3. The van der Waals surface area contributed by atoms with Gasteiger partial charge in [0.25, 0.3) is 11.5 Å². The van der Waals surface area contributed by atoms with Crippen molar-refractivity contribution in [1.82, 2.24) is 25.3 Å². The van der Waals surface area contributed by atoms with E-state index in [1.807, 2.05) is 0 Å². The van der Waals surface area contributed by atoms with Gasteiger partial charge in [0.15, 0.2) is 0 Å². The first-order chi connectivity index (χ1) is 13.2. The minimum atomic E-state index is -1.12. The lowest BCUT2D eigenvalue weighted by atomic mass is 10.1. The zero-order valence-corrected chi connectivity index (χ0v) is 16.0. The SMILES string of the molecule is CC(C)(O)CNC(=O)c1cc(-c2ccc(Cl)cc2)nn(-c2ccnnc2)c1=O. The van der Waals surface area contributed by atoms with Gasteiger partial charge in [0.05, 0.1) is 29.4 Å². The smallest absolute Gasteiger partial charge is 0.284 e. The molecule has 3 rings (SSSR count). The van der Waals surface area contributed by atoms with Crippen molar-refractivity contribution in [3.05, 3.63) is 69.7 Å². The van der Waals surface area contributed by atoms with E-state index in [1.54, 1.807) is 44.2 Å². The molecule has 0 saturated heterocycles. The fourth-order valence-electron chi connectivity index (χ4n) is 2.39. The van der Waals surface area contributed by atoms with E-state index in [2.05, 4.69) is 20.6 Å². The zero-order chi connectivity index (χ0) is 20.3. The summed E-state index contributed by atoms with van der Waals surface area (Å²) < 4.78 is 1.09. The summed E-state index contributed by atoms with van der Waals surface area (Å²) in [4.78, 5) is 25.5. The van der Waals surface area contributed by atoms with Crippen molar-refractivity contribution in [2.45, 2.75) is 19.4 Å². The molecule has 1 aromatic carbocycles. The number of nitrogens with zero attached hydrogens (tertiary/aromatic N) is 4. The van der Waals surface area contributed by atoms with Crippen molar-refractivity contribution in [1.29, 1.82) is 0 Å². The maximum absolute atomic E-state index is 12.9. The van der Waals surface area contributed by atoms with Gasteiger partial charge in [-0.15, -0.1) is 0 Å². The van der Waals surface area contributed by atoms with Crippen LogP contribution in [0.25, 0.3) is 16.9 Å². The summed E-state index contributed by atoms with van der Waals surface area (Å²) in [6.07, 6.45) is 2.80. The van der Waals surface area contributed by atoms with Crippen molar-refractivity contribution in [3.63, 3.8) is 0 Å². The number of halogens is 1. The first-order valence-electron chi connectivity index (χ1n) is 8.42. The van der Waals surface area contributed by atoms with Crippen LogP contribution in [0.4, 0.5) is 0 Å². The van der Waals surface area contributed by atoms with E-state index < -0.39 is 17.1 Å². The molecule has 0 bridgehead atoms. The van der Waals surface area contributed by atoms with Crippen LogP contribution in [0, 0.1) is 0 Å². The van der Waals surface area contributed by atoms with Crippen LogP contribution in [-0.4, -0.2) is 43.1 Å². The number of carbonyl (C=O) groups excluding carboxylic acids is 1. The van der Waals surface area contributed by atoms with Crippen LogP contribution in [0.15, 0.2) is 53.6 Å². The molecule has 3 aromatic rings. The lowest BCUT2D eigenvalue weighted by molar-refractivity contribution is 0.0693. The first-order valence-corrected chi connectivity index (χ1v) is 8.80. The quantitative estimate of drug-likeness (QED) is 0.677. The number of benzene rings is 1. The highest BCUT2D eigenvalue weighted by molar-refractivity contribution is 6.30. The molecule has 0 radical (unpaired) electrons. The molecule has 0 saturated carbocycles. The van der Waals surface area contributed by atoms with Gasteiger partial charge in [0, 0.05) is 17.1 Å². The lowest BCUT2D eigenvalue weighted by Gasteiger charge is -2.18. The lowest BCUT2D eigenvalue weighted by Crippen LogP contribution is -2.41. The zero-order valence-electron chi connectivity index (χ0n) is 15.3. The van der Waals surface area contributed by atoms with E-state index in [1.165, 1.54) is 18.5 Å². The minimum Gasteiger partial charge on any atom is -0.389 e. The summed E-state index contributed by atoms with van der Waals surface area (Å²) in [5.41, 5.74) is -0.388. The summed E-state index contributed by atoms with van der Waals surface area (Å²) in [5, 5.41) is 24.8. The molecule has 2 heterocycles. The highest BCUT2D eigenvalue weighted by Gasteiger charge is 2.20. The summed E-state index contributed by atoms with van der Waals surface area (Å²) in [6.45, 7) is 3.10. The average molecular weight is 400 g/mol. The molecule has 8 nitrogen and oxygen atoms in total. The largest absolute Gasteiger partial charge is 0.389 e. The van der Waals surface area contributed by atoms with Gasteiger partial charge in [-0.1, -0.05) is 23.7 Å². The number of hydrogen-bond donors (Lipinski definition) is 2. The standard InChI is InChI=1S/C19H18ClN5O3/c1-19(2,28)11-21-17(26)15-9-16(12-3-5-13(20)6-4-12)24-25(18(15)27)14-7-8-22-23-10-14/h3-10,28H,11H2,1-2H3,(H,21,26). The second kappa shape index (κ2) is 7.87. The Bertz CT molecular complexity index is 1040. The molecule has 0 unspecified atom stereocenters. The van der Waals surface area contributed by atoms with E-state index in [-0.39, 0.29) is 12.1 Å². The molecular formula is C19H18ClN5O3. The summed E-state index contributed by atoms with van der Waals surface area (Å²) in [5.74, 6) is -0.611. The molecule has 0 aliphatic rings. The van der Waals surface area contributed by atoms with E-state index in [0.29, 0.717) is 22.0 Å². The maximum Gasteiger partial charge on any atom is 0.284 e. The molecule has 1 amide bonds. The van der Waals surface area contributed by atoms with Gasteiger partial charge in [-0.25, -0.2) is 0 Å². The van der Waals surface area contributed by atoms with Crippen LogP contribution in [0.3, 0.4) is 0 Å². The van der Waals surface area contributed by atoms with Crippen LogP contribution in [0.2, 0.25) is 5.02 Å². The molecule has 28 heavy (non-hydrogen) atoms. The Morgan fingerprint density at radius 3 is 2.54 bits per heavy atom. The molecule has 0 spiro atoms. The fraction of sp³-hybridized carbons (Fsp3) is 0.211. The monoisotopic (exact) mass is 399 g/mol. The van der Waals surface area contributed by atoms with Gasteiger partial charge in [0.2, 0.25) is 0 Å². The summed E-state index contributed by atoms with van der Waals surface area (Å²) in [7, 11) is 0. The van der Waals surface area contributed by atoms with Crippen LogP contribution in [0.5, 0.6) is 0 Å². The molecule has 0 aliphatic carbocycles. The third-order valence-electron chi connectivity index (χ3n) is 3.79. The van der Waals surface area contributed by atoms with Gasteiger partial charge >= 0.3 is 0 Å². The Morgan fingerprint density at radius 2 is 1.93 bits per heavy atom. The highest BCUT2D eigenvalue weighted by Crippen LogP contribution is 2.20. The van der Waals surface area contributed by atoms with Crippen molar-refractivity contribution in [2.24, 2.45) is 0 Å². The Hall–Kier alpha value is -3.10. The van der Waals surface area contributed by atoms with Crippen LogP contribution in [-0.2, 0) is 0 Å². The van der Waals surface area contributed by atoms with Gasteiger partial charge in [-0.2, -0.15) is 20.0 Å². The third kappa shape index (κ3) is 4.59. The summed E-state index contributed by atoms with van der Waals surface area (Å²) in [6, 6.07) is 9.83. The Kier molecular flexibility index (Phi) is 5.53. The molecule has 2 aromatic heterocycles. The maximum atomic E-state index is 12.9. The topological polar surface area (TPSA) is 110 Å². The average Bonchev–Trinajstić information content (AvgIpc) is 2.67. The minimum absolute atomic E-state index is 0.0132. The van der Waals surface area contributed by atoms with E-state index in [9.17, 15) is 14.7 Å². The Balaban J connectivity index is 2.12. The fourth-order valence-corrected chi connectivity index (χ4v) is 2.52. The number of aromatic nitrogens is 4. The number of nitrogens with one attached hydrogen (secondary N) is 1. The third-order valence-corrected chi connectivity index (χ3v) is 4.04. The van der Waals surface area contributed by atoms with Crippen molar-refractivity contribution >= 4 is 17.5 Å². The molecule has 144 valence electrons. The van der Waals surface area contributed by atoms with Crippen molar-refractivity contribution in [3.8, 4) is 16.9 Å². The number of amides is 1. The first kappa shape index (κ1) is 19.7. The van der Waals surface area contributed by atoms with Gasteiger partial charge < -0.3 is 10.4 Å². The number of rotatable bonds is 5. The van der Waals surface area contributed by atoms with Crippen molar-refractivity contribution < 1.29 is 9.90 Å². The van der Waals surface area contributed by atoms with E-state index >= 15 is 0 Å². The molecule has 0 fully saturated rings. The Labute approximate surface area is 165 Å². The van der Waals surface area contributed by atoms with Crippen molar-refractivity contribution in [2.75, 3.05) is 6.54 Å². The Morgan fingerprint density at radius 1 is 1.21 bits per heavy atom. The second-order valence-corrected chi connectivity index (χ2v) is 7.20. The predicted molar refractivity (Wildman–Crippen MR) is 105 cm³/mol. The van der Waals surface area contributed by atoms with Crippen LogP contribution in [0.1, 0.15) is 24.2 Å². The number of carbonyl (C=O) groups is 1. The second-order valence-electron chi connectivity index (χ2n) is 6.76. The van der Waals surface area contributed by atoms with Gasteiger partial charge in [-0.05, 0) is 38.1 Å². The van der Waals surface area contributed by atoms with Crippen LogP contribution >= 0.6 is 11.6 Å².